The Morgan fingerprint density at radius 3 is 2.17 bits per heavy atom. The van der Waals surface area contributed by atoms with E-state index in [9.17, 15) is 22.0 Å². The Balaban J connectivity index is 1.31. The van der Waals surface area contributed by atoms with Gasteiger partial charge in [-0.15, -0.1) is 0 Å². The molecule has 1 amide bonds. The van der Waals surface area contributed by atoms with Crippen LogP contribution in [0.3, 0.4) is 0 Å². The van der Waals surface area contributed by atoms with Gasteiger partial charge in [-0.25, -0.2) is 17.2 Å². The molecule has 13 heteroatoms. The molecule has 0 bridgehead atoms. The van der Waals surface area contributed by atoms with Gasteiger partial charge in [-0.2, -0.15) is 13.5 Å². The minimum Gasteiger partial charge on any atom is -0.490 e. The molecule has 6 rings (SSSR count). The topological polar surface area (TPSA) is 102 Å². The van der Waals surface area contributed by atoms with Gasteiger partial charge in [0, 0.05) is 17.1 Å². The van der Waals surface area contributed by atoms with E-state index in [-0.39, 0.29) is 24.0 Å². The van der Waals surface area contributed by atoms with Crippen molar-refractivity contribution in [3.63, 3.8) is 0 Å². The molecule has 1 aliphatic carbocycles. The van der Waals surface area contributed by atoms with E-state index in [1.54, 1.807) is 42.5 Å². The fraction of sp³-hybridized carbons (Fsp3) is 0.343. The number of sulfonamides is 1. The highest BCUT2D eigenvalue weighted by Crippen LogP contribution is 2.37. The van der Waals surface area contributed by atoms with Gasteiger partial charge in [-0.05, 0) is 90.4 Å². The van der Waals surface area contributed by atoms with Crippen LogP contribution in [0.2, 0.25) is 5.02 Å². The van der Waals surface area contributed by atoms with Crippen LogP contribution in [0.25, 0.3) is 21.9 Å². The monoisotopic (exact) mass is 703 g/mol. The second-order valence-corrected chi connectivity index (χ2v) is 14.5. The van der Waals surface area contributed by atoms with Crippen LogP contribution in [-0.2, 0) is 20.7 Å². The lowest BCUT2D eigenvalue weighted by Crippen LogP contribution is -2.62. The number of fused-ring (bicyclic) bond motifs is 1. The summed E-state index contributed by atoms with van der Waals surface area (Å²) in [4.78, 5) is 13.8. The molecular weight excluding hydrogens is 670 g/mol. The quantitative estimate of drug-likeness (QED) is 0.181. The Labute approximate surface area is 281 Å². The Hall–Kier alpha value is -3.71. The Bertz CT molecular complexity index is 1900. The molecule has 7 nitrogen and oxygen atoms in total. The van der Waals surface area contributed by atoms with Crippen molar-refractivity contribution in [1.29, 1.82) is 0 Å². The maximum Gasteiger partial charge on any atom is 0.298 e. The van der Waals surface area contributed by atoms with E-state index >= 15 is 8.78 Å². The molecule has 2 fully saturated rings. The van der Waals surface area contributed by atoms with Crippen LogP contribution in [0.4, 0.5) is 17.6 Å². The second kappa shape index (κ2) is 13.3. The van der Waals surface area contributed by atoms with Crippen molar-refractivity contribution in [2.75, 3.05) is 13.1 Å². The minimum absolute atomic E-state index is 0.117. The van der Waals surface area contributed by atoms with Crippen LogP contribution < -0.4 is 15.2 Å². The summed E-state index contributed by atoms with van der Waals surface area (Å²) < 4.78 is 97.1. The molecule has 3 N–H and O–H groups in total. The van der Waals surface area contributed by atoms with Crippen molar-refractivity contribution >= 4 is 38.3 Å². The largest absolute Gasteiger partial charge is 0.490 e. The highest BCUT2D eigenvalue weighted by atomic mass is 35.5. The molecule has 1 heterocycles. The number of nitrogens with zero attached hydrogens (tertiary/aromatic N) is 1. The first kappa shape index (κ1) is 34.2. The third kappa shape index (κ3) is 7.17. The number of amides is 1. The first-order chi connectivity index (χ1) is 22.7. The number of likely N-dealkylation sites (tertiary alicyclic amines) is 1. The molecule has 4 aromatic rings. The van der Waals surface area contributed by atoms with E-state index in [1.807, 2.05) is 4.72 Å². The van der Waals surface area contributed by atoms with Gasteiger partial charge in [-0.1, -0.05) is 60.1 Å². The summed E-state index contributed by atoms with van der Waals surface area (Å²) >= 11 is 5.95. The van der Waals surface area contributed by atoms with Crippen LogP contribution in [-0.4, -0.2) is 56.4 Å². The van der Waals surface area contributed by atoms with Crippen molar-refractivity contribution in [1.82, 2.24) is 9.62 Å². The number of alkyl halides is 4. The Morgan fingerprint density at radius 1 is 0.917 bits per heavy atom. The van der Waals surface area contributed by atoms with Gasteiger partial charge in [0.2, 0.25) is 15.9 Å². The highest BCUT2D eigenvalue weighted by molar-refractivity contribution is 7.89. The number of rotatable bonds is 9. The number of halogens is 5. The van der Waals surface area contributed by atoms with E-state index in [0.29, 0.717) is 37.6 Å². The molecule has 1 saturated heterocycles. The van der Waals surface area contributed by atoms with E-state index < -0.39 is 52.0 Å². The Morgan fingerprint density at radius 2 is 1.52 bits per heavy atom. The number of nitrogens with two attached hydrogens (primary N) is 1. The van der Waals surface area contributed by atoms with E-state index in [1.165, 1.54) is 30.3 Å². The van der Waals surface area contributed by atoms with Crippen LogP contribution >= 0.6 is 11.6 Å². The molecule has 1 aliphatic heterocycles. The zero-order chi connectivity index (χ0) is 34.3. The van der Waals surface area contributed by atoms with Crippen molar-refractivity contribution in [3.8, 4) is 16.9 Å². The van der Waals surface area contributed by atoms with Crippen molar-refractivity contribution in [2.24, 2.45) is 5.73 Å². The van der Waals surface area contributed by atoms with Crippen molar-refractivity contribution in [2.45, 2.75) is 67.0 Å². The van der Waals surface area contributed by atoms with Gasteiger partial charge in [-0.3, -0.25) is 4.79 Å². The van der Waals surface area contributed by atoms with Crippen molar-refractivity contribution in [3.05, 3.63) is 95.5 Å². The SMILES string of the molecule is N[C@H]1CCN(C(=O)[C@H](NS(=O)(=O)c2ccc3cc(OC4CCCC4)ccc3c2)C(F)(F)c2ccc(-c3ccc(Cl)cc3)cc2)CC1(F)F. The number of nitrogens with one attached hydrogen (secondary N) is 1. The lowest BCUT2D eigenvalue weighted by molar-refractivity contribution is -0.155. The van der Waals surface area contributed by atoms with E-state index in [2.05, 4.69) is 0 Å². The van der Waals surface area contributed by atoms with Gasteiger partial charge in [0.15, 0.2) is 6.04 Å². The predicted molar refractivity (Wildman–Crippen MR) is 176 cm³/mol. The second-order valence-electron chi connectivity index (χ2n) is 12.4. The Kier molecular flexibility index (Phi) is 9.47. The molecule has 2 atom stereocenters. The number of hydrogen-bond acceptors (Lipinski definition) is 5. The number of ether oxygens (including phenoxy) is 1. The standard InChI is InChI=1S/C35H34ClF4N3O4S/c36-27-13-7-23(8-14-27)22-5-11-26(12-6-22)35(39,40)32(33(44)43-18-17-31(41)34(37,38)21-43)42-48(45,46)30-16-10-24-19-29(15-9-25(24)20-30)47-28-3-1-2-4-28/h5-16,19-20,28,31-32,42H,1-4,17-18,21,41H2/t31-,32-/m0/s1. The van der Waals surface area contributed by atoms with Gasteiger partial charge in [0.05, 0.1) is 23.6 Å². The maximum absolute atomic E-state index is 16.4. The lowest BCUT2D eigenvalue weighted by atomic mass is 9.95. The number of benzene rings is 4. The molecule has 0 unspecified atom stereocenters. The minimum atomic E-state index is -4.78. The molecule has 0 radical (unpaired) electrons. The van der Waals surface area contributed by atoms with Gasteiger partial charge in [0.25, 0.3) is 11.8 Å². The highest BCUT2D eigenvalue weighted by Gasteiger charge is 2.52. The van der Waals surface area contributed by atoms with Crippen molar-refractivity contribution < 1.29 is 35.5 Å². The first-order valence-corrected chi connectivity index (χ1v) is 17.5. The molecule has 254 valence electrons. The number of carbonyl (C=O) groups is 1. The molecule has 0 spiro atoms. The summed E-state index contributed by atoms with van der Waals surface area (Å²) in [6.45, 7) is -1.57. The van der Waals surface area contributed by atoms with Gasteiger partial charge < -0.3 is 15.4 Å². The average molecular weight is 704 g/mol. The molecule has 2 aliphatic rings. The normalized spacial score (nSPS) is 19.4. The smallest absolute Gasteiger partial charge is 0.298 e. The molecular formula is C35H34ClF4N3O4S. The summed E-state index contributed by atoms with van der Waals surface area (Å²) in [5.74, 6) is -8.56. The molecule has 1 saturated carbocycles. The summed E-state index contributed by atoms with van der Waals surface area (Å²) in [6.07, 6.45) is 3.87. The van der Waals surface area contributed by atoms with Crippen LogP contribution in [0.5, 0.6) is 5.75 Å². The lowest BCUT2D eigenvalue weighted by Gasteiger charge is -2.39. The molecule has 4 aromatic carbocycles. The van der Waals surface area contributed by atoms with Crippen LogP contribution in [0.1, 0.15) is 37.7 Å². The number of carbonyl (C=O) groups excluding carboxylic acids is 1. The van der Waals surface area contributed by atoms with Gasteiger partial charge >= 0.3 is 0 Å². The van der Waals surface area contributed by atoms with E-state index in [4.69, 9.17) is 22.1 Å². The summed E-state index contributed by atoms with van der Waals surface area (Å²) in [6, 6.07) is 16.5. The van der Waals surface area contributed by atoms with Crippen LogP contribution in [0, 0.1) is 0 Å². The van der Waals surface area contributed by atoms with E-state index in [0.717, 1.165) is 37.8 Å². The molecule has 0 aromatic heterocycles. The van der Waals surface area contributed by atoms with Gasteiger partial charge in [0.1, 0.15) is 5.75 Å². The third-order valence-electron chi connectivity index (χ3n) is 8.99. The zero-order valence-corrected chi connectivity index (χ0v) is 27.3. The summed E-state index contributed by atoms with van der Waals surface area (Å²) in [7, 11) is -4.78. The fourth-order valence-corrected chi connectivity index (χ4v) is 7.52. The summed E-state index contributed by atoms with van der Waals surface area (Å²) in [5, 5.41) is 1.65. The van der Waals surface area contributed by atoms with Crippen LogP contribution in [0.15, 0.2) is 89.8 Å². The number of piperidine rings is 1. The summed E-state index contributed by atoms with van der Waals surface area (Å²) in [5.41, 5.74) is 6.07. The average Bonchev–Trinajstić information content (AvgIpc) is 3.58. The fourth-order valence-electron chi connectivity index (χ4n) is 6.17. The number of hydrogen-bond donors (Lipinski definition) is 2. The zero-order valence-electron chi connectivity index (χ0n) is 25.7. The maximum atomic E-state index is 16.4. The third-order valence-corrected chi connectivity index (χ3v) is 10.7. The first-order valence-electron chi connectivity index (χ1n) is 15.6. The predicted octanol–water partition coefficient (Wildman–Crippen LogP) is 7.12. The molecule has 48 heavy (non-hydrogen) atoms.